The minimum absolute atomic E-state index is 0.280. The number of benzene rings is 1. The van der Waals surface area contributed by atoms with Gasteiger partial charge in [0.05, 0.1) is 12.2 Å². The lowest BCUT2D eigenvalue weighted by Crippen LogP contribution is -1.90. The van der Waals surface area contributed by atoms with Crippen LogP contribution < -0.4 is 0 Å². The highest BCUT2D eigenvalue weighted by molar-refractivity contribution is 8.03. The molecule has 2 atom stereocenters. The van der Waals surface area contributed by atoms with Gasteiger partial charge >= 0.3 is 0 Å². The van der Waals surface area contributed by atoms with Gasteiger partial charge in [0.15, 0.2) is 0 Å². The highest BCUT2D eigenvalue weighted by Crippen LogP contribution is 2.54. The van der Waals surface area contributed by atoms with Crippen molar-refractivity contribution in [2.75, 3.05) is 0 Å². The summed E-state index contributed by atoms with van der Waals surface area (Å²) in [6.45, 7) is 0.280. The topological polar surface area (TPSA) is 66.1 Å². The summed E-state index contributed by atoms with van der Waals surface area (Å²) in [5, 5.41) is 6.21. The summed E-state index contributed by atoms with van der Waals surface area (Å²) in [6, 6.07) is 12.9. The minimum atomic E-state index is 0.280. The van der Waals surface area contributed by atoms with Gasteiger partial charge in [0, 0.05) is 23.1 Å². The summed E-state index contributed by atoms with van der Waals surface area (Å²) < 4.78 is 2.02. The SMILES string of the molecule is C#CSCc1cccc(C2CC2c2ccc3nc(CN=[N+]=[N-])cn3c2)c1. The molecule has 0 bridgehead atoms. The summed E-state index contributed by atoms with van der Waals surface area (Å²) in [5.41, 5.74) is 14.1. The first kappa shape index (κ1) is 16.6. The van der Waals surface area contributed by atoms with Crippen LogP contribution in [0.25, 0.3) is 16.1 Å². The molecule has 0 N–H and O–H groups in total. The van der Waals surface area contributed by atoms with Crippen LogP contribution in [0.2, 0.25) is 0 Å². The number of nitrogens with zero attached hydrogens (tertiary/aromatic N) is 5. The van der Waals surface area contributed by atoms with Crippen LogP contribution in [0.15, 0.2) is 53.9 Å². The first-order valence-corrected chi connectivity index (χ1v) is 9.41. The molecule has 6 heteroatoms. The summed E-state index contributed by atoms with van der Waals surface area (Å²) in [7, 11) is 0. The molecule has 1 aliphatic rings. The number of thioether (sulfide) groups is 1. The van der Waals surface area contributed by atoms with Crippen molar-refractivity contribution in [2.24, 2.45) is 5.11 Å². The molecule has 0 aliphatic heterocycles. The predicted molar refractivity (Wildman–Crippen MR) is 105 cm³/mol. The number of pyridine rings is 1. The Kier molecular flexibility index (Phi) is 4.57. The van der Waals surface area contributed by atoms with Crippen LogP contribution in [0.5, 0.6) is 0 Å². The predicted octanol–water partition coefficient (Wildman–Crippen LogP) is 5.24. The molecule has 0 spiro atoms. The Morgan fingerprint density at radius 3 is 3.00 bits per heavy atom. The largest absolute Gasteiger partial charge is 0.307 e. The van der Waals surface area contributed by atoms with Crippen molar-refractivity contribution in [1.29, 1.82) is 0 Å². The van der Waals surface area contributed by atoms with Crippen molar-refractivity contribution in [3.05, 3.63) is 81.6 Å². The average molecular weight is 359 g/mol. The third-order valence-corrected chi connectivity index (χ3v) is 5.38. The lowest BCUT2D eigenvalue weighted by molar-refractivity contribution is 0.989. The number of imidazole rings is 1. The highest BCUT2D eigenvalue weighted by Gasteiger charge is 2.39. The van der Waals surface area contributed by atoms with Gasteiger partial charge < -0.3 is 4.40 Å². The molecule has 128 valence electrons. The van der Waals surface area contributed by atoms with Gasteiger partial charge in [-0.2, -0.15) is 0 Å². The molecule has 2 heterocycles. The van der Waals surface area contributed by atoms with Crippen LogP contribution in [-0.2, 0) is 12.3 Å². The minimum Gasteiger partial charge on any atom is -0.307 e. The molecule has 5 nitrogen and oxygen atoms in total. The summed E-state index contributed by atoms with van der Waals surface area (Å²) in [4.78, 5) is 7.26. The van der Waals surface area contributed by atoms with Gasteiger partial charge in [0.1, 0.15) is 5.65 Å². The van der Waals surface area contributed by atoms with E-state index in [4.69, 9.17) is 12.0 Å². The van der Waals surface area contributed by atoms with Crippen molar-refractivity contribution < 1.29 is 0 Å². The normalized spacial score (nSPS) is 18.3. The zero-order chi connectivity index (χ0) is 17.9. The molecule has 1 fully saturated rings. The molecule has 3 aromatic rings. The van der Waals surface area contributed by atoms with Gasteiger partial charge in [-0.05, 0) is 51.8 Å². The first-order valence-electron chi connectivity index (χ1n) is 8.43. The second kappa shape index (κ2) is 7.17. The van der Waals surface area contributed by atoms with Crippen LogP contribution in [0.1, 0.15) is 40.6 Å². The van der Waals surface area contributed by atoms with Gasteiger partial charge in [-0.15, -0.1) is 6.42 Å². The maximum atomic E-state index is 8.45. The Morgan fingerprint density at radius 1 is 1.27 bits per heavy atom. The number of rotatable bonds is 6. The van der Waals surface area contributed by atoms with Gasteiger partial charge in [-0.25, -0.2) is 4.98 Å². The van der Waals surface area contributed by atoms with E-state index in [0.717, 1.165) is 23.5 Å². The molecule has 0 radical (unpaired) electrons. The van der Waals surface area contributed by atoms with E-state index in [1.54, 1.807) is 0 Å². The quantitative estimate of drug-likeness (QED) is 0.261. The standard InChI is InChI=1S/C20H17N5S/c1-2-26-13-14-4-3-5-15(8-14)18-9-19(18)16-6-7-20-23-17(10-22-24-21)12-25(20)11-16/h1,3-8,11-12,18-19H,9-10,13H2. The fourth-order valence-electron chi connectivity index (χ4n) is 3.43. The fraction of sp³-hybridized carbons (Fsp3) is 0.250. The van der Waals surface area contributed by atoms with E-state index in [9.17, 15) is 0 Å². The van der Waals surface area contributed by atoms with E-state index >= 15 is 0 Å². The van der Waals surface area contributed by atoms with Crippen molar-refractivity contribution in [2.45, 2.75) is 30.6 Å². The number of hydrogen-bond donors (Lipinski definition) is 0. The summed E-state index contributed by atoms with van der Waals surface area (Å²) in [6.07, 6.45) is 10.6. The van der Waals surface area contributed by atoms with Gasteiger partial charge in [-0.1, -0.05) is 47.2 Å². The zero-order valence-corrected chi connectivity index (χ0v) is 14.9. The smallest absolute Gasteiger partial charge is 0.136 e. The van der Waals surface area contributed by atoms with Crippen LogP contribution in [0, 0.1) is 11.7 Å². The molecular weight excluding hydrogens is 342 g/mol. The Morgan fingerprint density at radius 2 is 2.15 bits per heavy atom. The molecule has 26 heavy (non-hydrogen) atoms. The molecule has 1 saturated carbocycles. The van der Waals surface area contributed by atoms with Crippen LogP contribution in [0.4, 0.5) is 0 Å². The molecule has 1 aromatic carbocycles. The van der Waals surface area contributed by atoms with Gasteiger partial charge in [0.2, 0.25) is 0 Å². The lowest BCUT2D eigenvalue weighted by atomic mass is 10.0. The molecule has 2 aromatic heterocycles. The van der Waals surface area contributed by atoms with Gasteiger partial charge in [0.25, 0.3) is 0 Å². The number of fused-ring (bicyclic) bond motifs is 1. The first-order chi connectivity index (χ1) is 12.8. The Labute approximate surface area is 156 Å². The van der Waals surface area contributed by atoms with Crippen molar-refractivity contribution in [3.8, 4) is 11.7 Å². The number of terminal acetylenes is 1. The maximum absolute atomic E-state index is 8.45. The molecule has 4 rings (SSSR count). The van der Waals surface area contributed by atoms with Crippen molar-refractivity contribution >= 4 is 17.4 Å². The summed E-state index contributed by atoms with van der Waals surface area (Å²) >= 11 is 1.50. The maximum Gasteiger partial charge on any atom is 0.136 e. The molecule has 1 aliphatic carbocycles. The van der Waals surface area contributed by atoms with E-state index in [0.29, 0.717) is 11.8 Å². The average Bonchev–Trinajstić information content (AvgIpc) is 3.37. The Bertz CT molecular complexity index is 1040. The van der Waals surface area contributed by atoms with E-state index in [1.807, 2.05) is 16.7 Å². The van der Waals surface area contributed by atoms with E-state index < -0.39 is 0 Å². The number of hydrogen-bond acceptors (Lipinski definition) is 3. The van der Waals surface area contributed by atoms with Crippen LogP contribution >= 0.6 is 11.8 Å². The summed E-state index contributed by atoms with van der Waals surface area (Å²) in [5.74, 6) is 1.96. The highest BCUT2D eigenvalue weighted by atomic mass is 32.2. The third-order valence-electron chi connectivity index (χ3n) is 4.74. The van der Waals surface area contributed by atoms with Crippen LogP contribution in [-0.4, -0.2) is 9.38 Å². The fourth-order valence-corrected chi connectivity index (χ4v) is 3.86. The second-order valence-electron chi connectivity index (χ2n) is 6.45. The second-order valence-corrected chi connectivity index (χ2v) is 7.26. The monoisotopic (exact) mass is 359 g/mol. The van der Waals surface area contributed by atoms with Crippen molar-refractivity contribution in [3.63, 3.8) is 0 Å². The lowest BCUT2D eigenvalue weighted by Gasteiger charge is -2.05. The molecule has 0 amide bonds. The molecular formula is C20H17N5S. The Hall–Kier alpha value is -2.87. The molecule has 0 saturated heterocycles. The third kappa shape index (κ3) is 3.41. The zero-order valence-electron chi connectivity index (χ0n) is 14.1. The van der Waals surface area contributed by atoms with E-state index in [1.165, 1.54) is 28.5 Å². The van der Waals surface area contributed by atoms with Gasteiger partial charge in [-0.3, -0.25) is 0 Å². The van der Waals surface area contributed by atoms with Crippen molar-refractivity contribution in [1.82, 2.24) is 9.38 Å². The number of aromatic nitrogens is 2. The van der Waals surface area contributed by atoms with E-state index in [-0.39, 0.29) is 6.54 Å². The Balaban J connectivity index is 1.52. The number of azide groups is 1. The van der Waals surface area contributed by atoms with Crippen LogP contribution in [0.3, 0.4) is 0 Å². The van der Waals surface area contributed by atoms with E-state index in [2.05, 4.69) is 56.8 Å². The molecule has 2 unspecified atom stereocenters.